The van der Waals surface area contributed by atoms with Gasteiger partial charge in [-0.3, -0.25) is 4.90 Å². The van der Waals surface area contributed by atoms with E-state index in [9.17, 15) is 0 Å². The van der Waals surface area contributed by atoms with Gasteiger partial charge in [0.15, 0.2) is 6.21 Å². The predicted octanol–water partition coefficient (Wildman–Crippen LogP) is 8.09. The number of nitrogens with zero attached hydrogens (tertiary/aromatic N) is 3. The van der Waals surface area contributed by atoms with Gasteiger partial charge in [-0.2, -0.15) is 0 Å². The molecule has 72 heavy (non-hydrogen) atoms. The average molecular weight is 1010 g/mol. The zero-order valence-electron chi connectivity index (χ0n) is 43.2. The second-order valence-electron chi connectivity index (χ2n) is 21.1. The fourth-order valence-electron chi connectivity index (χ4n) is 11.6. The minimum absolute atomic E-state index is 0.139. The molecule has 0 fully saturated rings. The van der Waals surface area contributed by atoms with Crippen molar-refractivity contribution in [2.24, 2.45) is 0 Å². The van der Waals surface area contributed by atoms with E-state index in [0.717, 1.165) is 63.7 Å². The highest BCUT2D eigenvalue weighted by Gasteiger charge is 2.42. The number of hydrogen-bond donors (Lipinski definition) is 1. The maximum absolute atomic E-state index is 4.16. The molecule has 0 saturated heterocycles. The van der Waals surface area contributed by atoms with E-state index in [1.807, 2.05) is 0 Å². The van der Waals surface area contributed by atoms with Gasteiger partial charge in [-0.1, -0.05) is 310 Å². The zero-order valence-corrected chi connectivity index (χ0v) is 47.2. The van der Waals surface area contributed by atoms with Crippen molar-refractivity contribution in [2.75, 3.05) is 39.5 Å². The number of rotatable bonds is 23. The van der Waals surface area contributed by atoms with Gasteiger partial charge >= 0.3 is 0 Å². The summed E-state index contributed by atoms with van der Waals surface area (Å²) in [6.07, 6.45) is 2.79. The second kappa shape index (κ2) is 23.8. The normalized spacial score (nSPS) is 14.6. The molecule has 0 saturated carbocycles. The SMILES string of the molecule is C[Si](CCNCN(CC[Si](C)(c1ccccc1)c1ccccc1)C1C=[N+](CC[Si](C)(c2ccccc2)c2ccccc2)CN1CC[Si](C)(c1ccccc1)c1ccccc1)(c1ccccc1)c1ccccc1. The molecule has 1 unspecified atom stereocenters. The molecular weight excluding hydrogens is 937 g/mol. The summed E-state index contributed by atoms with van der Waals surface area (Å²) in [7, 11) is -8.43. The fraction of sp³-hybridized carbons (Fsp3) is 0.234. The van der Waals surface area contributed by atoms with Crippen molar-refractivity contribution in [2.45, 2.75) is 56.5 Å². The van der Waals surface area contributed by atoms with Gasteiger partial charge in [0.1, 0.15) is 45.0 Å². The Kier molecular flexibility index (Phi) is 16.9. The van der Waals surface area contributed by atoms with Crippen LogP contribution in [-0.2, 0) is 0 Å². The third-order valence-electron chi connectivity index (χ3n) is 16.6. The van der Waals surface area contributed by atoms with Gasteiger partial charge < -0.3 is 5.32 Å². The summed E-state index contributed by atoms with van der Waals surface area (Å²) in [6.45, 7) is 16.1. The lowest BCUT2D eigenvalue weighted by Gasteiger charge is -2.37. The van der Waals surface area contributed by atoms with Crippen LogP contribution in [0.15, 0.2) is 243 Å². The molecule has 8 heteroatoms. The molecule has 0 aromatic heterocycles. The average Bonchev–Trinajstić information content (AvgIpc) is 3.88. The van der Waals surface area contributed by atoms with Crippen LogP contribution in [-0.4, -0.2) is 98.6 Å². The Labute approximate surface area is 435 Å². The number of nitrogens with one attached hydrogen (secondary N) is 1. The quantitative estimate of drug-likeness (QED) is 0.0304. The first-order valence-corrected chi connectivity index (χ1v) is 37.2. The lowest BCUT2D eigenvalue weighted by molar-refractivity contribution is -0.528. The molecule has 1 heterocycles. The minimum Gasteiger partial charge on any atom is -0.305 e. The van der Waals surface area contributed by atoms with Gasteiger partial charge in [-0.05, 0) is 31.2 Å². The van der Waals surface area contributed by atoms with Gasteiger partial charge in [0.05, 0.1) is 0 Å². The van der Waals surface area contributed by atoms with Crippen molar-refractivity contribution < 1.29 is 4.58 Å². The van der Waals surface area contributed by atoms with Crippen LogP contribution in [0.5, 0.6) is 0 Å². The second-order valence-corrected chi connectivity index (χ2v) is 38.3. The molecule has 1 N–H and O–H groups in total. The molecule has 8 aromatic carbocycles. The van der Waals surface area contributed by atoms with Gasteiger partial charge in [0.2, 0.25) is 6.67 Å². The predicted molar refractivity (Wildman–Crippen MR) is 320 cm³/mol. The molecule has 1 aliphatic heterocycles. The summed E-state index contributed by atoms with van der Waals surface area (Å²) in [5.74, 6) is 0. The van der Waals surface area contributed by atoms with E-state index in [1.165, 1.54) is 41.5 Å². The molecule has 1 atom stereocenters. The topological polar surface area (TPSA) is 21.5 Å². The Morgan fingerprint density at radius 3 is 1.03 bits per heavy atom. The van der Waals surface area contributed by atoms with Crippen LogP contribution < -0.4 is 46.8 Å². The molecule has 9 rings (SSSR count). The molecule has 1 aliphatic rings. The van der Waals surface area contributed by atoms with Crippen LogP contribution >= 0.6 is 0 Å². The van der Waals surface area contributed by atoms with Crippen LogP contribution in [0.4, 0.5) is 0 Å². The van der Waals surface area contributed by atoms with Crippen molar-refractivity contribution in [3.63, 3.8) is 0 Å². The Morgan fingerprint density at radius 1 is 0.403 bits per heavy atom. The summed E-state index contributed by atoms with van der Waals surface area (Å²) in [5, 5.41) is 16.2. The molecule has 8 aromatic rings. The van der Waals surface area contributed by atoms with E-state index in [1.54, 1.807) is 0 Å². The maximum Gasteiger partial charge on any atom is 0.200 e. The van der Waals surface area contributed by atoms with E-state index < -0.39 is 32.3 Å². The van der Waals surface area contributed by atoms with Gasteiger partial charge in [0.25, 0.3) is 0 Å². The van der Waals surface area contributed by atoms with Gasteiger partial charge in [-0.25, -0.2) is 9.48 Å². The summed E-state index contributed by atoms with van der Waals surface area (Å²) in [4.78, 5) is 5.68. The van der Waals surface area contributed by atoms with E-state index >= 15 is 0 Å². The van der Waals surface area contributed by atoms with E-state index in [0.29, 0.717) is 0 Å². The van der Waals surface area contributed by atoms with Crippen LogP contribution in [0, 0.1) is 0 Å². The molecular formula is C64H75N4Si4+. The fourth-order valence-corrected chi connectivity index (χ4v) is 25.5. The minimum atomic E-state index is -2.17. The monoisotopic (exact) mass is 1010 g/mol. The van der Waals surface area contributed by atoms with Crippen LogP contribution in [0.3, 0.4) is 0 Å². The smallest absolute Gasteiger partial charge is 0.200 e. The summed E-state index contributed by atoms with van der Waals surface area (Å²) in [6, 6.07) is 95.9. The Morgan fingerprint density at radius 2 is 0.694 bits per heavy atom. The number of benzene rings is 8. The molecule has 0 bridgehead atoms. The summed E-state index contributed by atoms with van der Waals surface area (Å²) >= 11 is 0. The van der Waals surface area contributed by atoms with Crippen molar-refractivity contribution >= 4 is 80.0 Å². The first-order chi connectivity index (χ1) is 35.2. The third kappa shape index (κ3) is 11.7. The van der Waals surface area contributed by atoms with Crippen molar-refractivity contribution in [1.29, 1.82) is 0 Å². The maximum atomic E-state index is 4.16. The van der Waals surface area contributed by atoms with Gasteiger partial charge in [0, 0.05) is 19.3 Å². The van der Waals surface area contributed by atoms with Crippen LogP contribution in [0.25, 0.3) is 0 Å². The van der Waals surface area contributed by atoms with Crippen LogP contribution in [0.2, 0.25) is 50.4 Å². The zero-order chi connectivity index (χ0) is 49.7. The first kappa shape index (κ1) is 51.1. The van der Waals surface area contributed by atoms with Crippen LogP contribution in [0.1, 0.15) is 0 Å². The van der Waals surface area contributed by atoms with E-state index in [4.69, 9.17) is 0 Å². The third-order valence-corrected chi connectivity index (χ3v) is 34.3. The highest BCUT2D eigenvalue weighted by molar-refractivity contribution is 7.03. The first-order valence-electron chi connectivity index (χ1n) is 26.4. The standard InChI is InChI=1S/C64H75N4Si4/c1-69(56-29-13-5-14-30-56,57-31-15-6-16-32-57)49-45-65-54-67(47-51-71(3,60-37-21-9-22-38-60)61-39-23-10-24-40-61)64-53-66(46-50-70(2,58-33-17-7-18-34-58)59-35-19-8-20-36-59)55-68(64)48-52-72(4,62-41-25-11-26-42-62)63-43-27-12-28-44-63/h5-44,53,64-65H,45-52,54-55H2,1-4H3/q+1. The Hall–Kier alpha value is -5.82. The largest absolute Gasteiger partial charge is 0.305 e. The highest BCUT2D eigenvalue weighted by atomic mass is 28.3. The highest BCUT2D eigenvalue weighted by Crippen LogP contribution is 2.22. The number of hydrogen-bond acceptors (Lipinski definition) is 3. The molecule has 0 spiro atoms. The molecule has 0 radical (unpaired) electrons. The Balaban J connectivity index is 1.07. The van der Waals surface area contributed by atoms with Crippen molar-refractivity contribution in [3.8, 4) is 0 Å². The Bertz CT molecular complexity index is 2740. The molecule has 0 aliphatic carbocycles. The van der Waals surface area contributed by atoms with Gasteiger partial charge in [-0.15, -0.1) is 0 Å². The van der Waals surface area contributed by atoms with Crippen molar-refractivity contribution in [3.05, 3.63) is 243 Å². The lowest BCUT2D eigenvalue weighted by atomic mass is 10.4. The van der Waals surface area contributed by atoms with Crippen molar-refractivity contribution in [1.82, 2.24) is 15.1 Å². The van der Waals surface area contributed by atoms with E-state index in [2.05, 4.69) is 295 Å². The molecule has 366 valence electrons. The molecule has 0 amide bonds. The van der Waals surface area contributed by atoms with E-state index in [-0.39, 0.29) is 6.17 Å². The summed E-state index contributed by atoms with van der Waals surface area (Å²) in [5.41, 5.74) is 0. The molecule has 4 nitrogen and oxygen atoms in total. The summed E-state index contributed by atoms with van der Waals surface area (Å²) < 4.78 is 2.71. The lowest BCUT2D eigenvalue weighted by Crippen LogP contribution is -2.60.